The molecule has 3 heterocycles. The van der Waals surface area contributed by atoms with Gasteiger partial charge in [-0.25, -0.2) is 4.98 Å². The number of para-hydroxylation sites is 1. The van der Waals surface area contributed by atoms with Gasteiger partial charge >= 0.3 is 0 Å². The first-order valence-corrected chi connectivity index (χ1v) is 11.7. The van der Waals surface area contributed by atoms with Crippen molar-refractivity contribution in [1.29, 1.82) is 0 Å². The quantitative estimate of drug-likeness (QED) is 0.620. The molecule has 7 heteroatoms. The maximum absolute atomic E-state index is 12.4. The van der Waals surface area contributed by atoms with Gasteiger partial charge in [-0.2, -0.15) is 0 Å². The topological polar surface area (TPSA) is 64.3 Å². The first-order valence-electron chi connectivity index (χ1n) is 10.8. The molecule has 4 rings (SSSR count). The van der Waals surface area contributed by atoms with Gasteiger partial charge in [0.05, 0.1) is 6.20 Å². The highest BCUT2D eigenvalue weighted by molar-refractivity contribution is 7.17. The summed E-state index contributed by atoms with van der Waals surface area (Å²) in [5.74, 6) is -0.0391. The van der Waals surface area contributed by atoms with E-state index in [0.717, 1.165) is 43.2 Å². The van der Waals surface area contributed by atoms with Gasteiger partial charge in [-0.15, -0.1) is 0 Å². The van der Waals surface area contributed by atoms with Crippen LogP contribution in [0.15, 0.2) is 36.7 Å². The number of carbonyl (C=O) groups is 1. The van der Waals surface area contributed by atoms with Crippen molar-refractivity contribution in [3.8, 4) is 0 Å². The van der Waals surface area contributed by atoms with Crippen molar-refractivity contribution < 1.29 is 4.79 Å². The highest BCUT2D eigenvalue weighted by Gasteiger charge is 2.19. The minimum absolute atomic E-state index is 0.0391. The number of aromatic nitrogens is 2. The lowest BCUT2D eigenvalue weighted by Gasteiger charge is -2.32. The van der Waals surface area contributed by atoms with Crippen LogP contribution in [0.4, 0.5) is 5.13 Å². The van der Waals surface area contributed by atoms with E-state index in [2.05, 4.69) is 58.1 Å². The summed E-state index contributed by atoms with van der Waals surface area (Å²) in [7, 11) is 2.13. The van der Waals surface area contributed by atoms with Crippen LogP contribution in [0, 0.1) is 0 Å². The highest BCUT2D eigenvalue weighted by Crippen LogP contribution is 2.23. The van der Waals surface area contributed by atoms with Crippen LogP contribution >= 0.6 is 11.3 Å². The Labute approximate surface area is 183 Å². The molecule has 0 radical (unpaired) electrons. The number of carbonyl (C=O) groups excluding carboxylic acids is 1. The molecule has 0 bridgehead atoms. The third-order valence-electron chi connectivity index (χ3n) is 5.35. The number of hydrogen-bond acceptors (Lipinski definition) is 5. The number of amides is 1. The minimum atomic E-state index is -0.0391. The van der Waals surface area contributed by atoms with Crippen LogP contribution in [0.25, 0.3) is 10.9 Å². The molecular weight excluding hydrogens is 394 g/mol. The van der Waals surface area contributed by atoms with E-state index in [9.17, 15) is 4.79 Å². The van der Waals surface area contributed by atoms with Crippen LogP contribution in [-0.4, -0.2) is 60.5 Å². The molecule has 1 aliphatic rings. The number of fused-ring (bicyclic) bond motifs is 1. The molecular formula is C23H33N5OS. The molecule has 1 amide bonds. The maximum Gasteiger partial charge on any atom is 0.263 e. The van der Waals surface area contributed by atoms with Crippen LogP contribution in [0.3, 0.4) is 0 Å². The Balaban J connectivity index is 0.000000589. The molecule has 2 aromatic heterocycles. The molecule has 0 aliphatic carbocycles. The Bertz CT molecular complexity index is 924. The van der Waals surface area contributed by atoms with Crippen LogP contribution in [-0.2, 0) is 6.42 Å². The van der Waals surface area contributed by atoms with Crippen LogP contribution in [0.1, 0.15) is 41.9 Å². The van der Waals surface area contributed by atoms with Crippen molar-refractivity contribution in [2.75, 3.05) is 44.7 Å². The van der Waals surface area contributed by atoms with E-state index in [1.54, 1.807) is 6.20 Å². The van der Waals surface area contributed by atoms with Gasteiger partial charge in [-0.3, -0.25) is 4.79 Å². The summed E-state index contributed by atoms with van der Waals surface area (Å²) in [4.78, 5) is 25.4. The van der Waals surface area contributed by atoms with Crippen LogP contribution < -0.4 is 10.2 Å². The molecule has 1 aliphatic heterocycles. The summed E-state index contributed by atoms with van der Waals surface area (Å²) in [5, 5.41) is 5.18. The standard InChI is InChI=1S/C19H23N5OS.C4H10/c1-23-8-10-24(11-9-23)19-22-13-17(26-19)18(25)20-7-6-14-12-21-16-5-3-2-4-15(14)16;1-3-4-2/h2-5,12-13,21H,6-11H2,1H3,(H,20,25);3-4H2,1-2H3. The lowest BCUT2D eigenvalue weighted by molar-refractivity contribution is 0.0958. The van der Waals surface area contributed by atoms with E-state index >= 15 is 0 Å². The number of nitrogens with one attached hydrogen (secondary N) is 2. The summed E-state index contributed by atoms with van der Waals surface area (Å²) in [5.41, 5.74) is 2.36. The number of H-pyrrole nitrogens is 1. The van der Waals surface area contributed by atoms with E-state index in [0.29, 0.717) is 11.4 Å². The number of likely N-dealkylation sites (N-methyl/N-ethyl adjacent to an activating group) is 1. The highest BCUT2D eigenvalue weighted by atomic mass is 32.1. The first kappa shape index (κ1) is 22.3. The fourth-order valence-electron chi connectivity index (χ4n) is 3.25. The number of hydrogen-bond donors (Lipinski definition) is 2. The third-order valence-corrected chi connectivity index (χ3v) is 6.40. The predicted molar refractivity (Wildman–Crippen MR) is 127 cm³/mol. The monoisotopic (exact) mass is 427 g/mol. The Morgan fingerprint density at radius 3 is 2.63 bits per heavy atom. The molecule has 6 nitrogen and oxygen atoms in total. The molecule has 0 unspecified atom stereocenters. The van der Waals surface area contributed by atoms with Crippen LogP contribution in [0.5, 0.6) is 0 Å². The van der Waals surface area contributed by atoms with E-state index in [-0.39, 0.29) is 5.91 Å². The van der Waals surface area contributed by atoms with Crippen molar-refractivity contribution in [3.05, 3.63) is 47.1 Å². The molecule has 3 aromatic rings. The van der Waals surface area contributed by atoms with E-state index < -0.39 is 0 Å². The second kappa shape index (κ2) is 11.1. The molecule has 1 fully saturated rings. The number of aromatic amines is 1. The number of benzene rings is 1. The van der Waals surface area contributed by atoms with Gasteiger partial charge in [0, 0.05) is 49.8 Å². The zero-order valence-electron chi connectivity index (χ0n) is 18.3. The zero-order valence-corrected chi connectivity index (χ0v) is 19.1. The summed E-state index contributed by atoms with van der Waals surface area (Å²) in [6, 6.07) is 8.23. The van der Waals surface area contributed by atoms with Gasteiger partial charge in [0.2, 0.25) is 0 Å². The Morgan fingerprint density at radius 2 is 1.90 bits per heavy atom. The summed E-state index contributed by atoms with van der Waals surface area (Å²) < 4.78 is 0. The summed E-state index contributed by atoms with van der Waals surface area (Å²) >= 11 is 1.48. The van der Waals surface area contributed by atoms with Crippen molar-refractivity contribution in [2.45, 2.75) is 33.1 Å². The largest absolute Gasteiger partial charge is 0.361 e. The van der Waals surface area contributed by atoms with Gasteiger partial charge in [0.25, 0.3) is 5.91 Å². The predicted octanol–water partition coefficient (Wildman–Crippen LogP) is 4.16. The fourth-order valence-corrected chi connectivity index (χ4v) is 4.13. The van der Waals surface area contributed by atoms with Gasteiger partial charge in [-0.05, 0) is 25.1 Å². The number of thiazole rings is 1. The smallest absolute Gasteiger partial charge is 0.263 e. The van der Waals surface area contributed by atoms with E-state index in [4.69, 9.17) is 0 Å². The molecule has 0 atom stereocenters. The van der Waals surface area contributed by atoms with Gasteiger partial charge < -0.3 is 20.1 Å². The molecule has 162 valence electrons. The number of anilines is 1. The first-order chi connectivity index (χ1) is 14.6. The zero-order chi connectivity index (χ0) is 21.3. The number of rotatable bonds is 6. The van der Waals surface area contributed by atoms with Crippen molar-refractivity contribution in [1.82, 2.24) is 20.2 Å². The Hall–Kier alpha value is -2.38. The van der Waals surface area contributed by atoms with E-state index in [1.165, 1.54) is 35.1 Å². The average molecular weight is 428 g/mol. The third kappa shape index (κ3) is 5.83. The number of unbranched alkanes of at least 4 members (excludes halogenated alkanes) is 1. The van der Waals surface area contributed by atoms with Gasteiger partial charge in [0.1, 0.15) is 4.88 Å². The average Bonchev–Trinajstić information content (AvgIpc) is 3.42. The molecule has 0 saturated carbocycles. The van der Waals surface area contributed by atoms with Gasteiger partial charge in [-0.1, -0.05) is 56.2 Å². The number of piperazine rings is 1. The molecule has 1 saturated heterocycles. The molecule has 1 aromatic carbocycles. The normalized spacial score (nSPS) is 14.4. The van der Waals surface area contributed by atoms with Crippen molar-refractivity contribution in [3.63, 3.8) is 0 Å². The van der Waals surface area contributed by atoms with E-state index in [1.807, 2.05) is 18.3 Å². The second-order valence-corrected chi connectivity index (χ2v) is 8.67. The lowest BCUT2D eigenvalue weighted by Crippen LogP contribution is -2.44. The lowest BCUT2D eigenvalue weighted by atomic mass is 10.1. The van der Waals surface area contributed by atoms with Crippen molar-refractivity contribution >= 4 is 33.3 Å². The summed E-state index contributed by atoms with van der Waals surface area (Å²) in [6.07, 6.45) is 7.16. The SMILES string of the molecule is CCCC.CN1CCN(c2ncc(C(=O)NCCc3c[nH]c4ccccc34)s2)CC1. The summed E-state index contributed by atoms with van der Waals surface area (Å²) in [6.45, 7) is 8.97. The minimum Gasteiger partial charge on any atom is -0.361 e. The van der Waals surface area contributed by atoms with Gasteiger partial charge in [0.15, 0.2) is 5.13 Å². The van der Waals surface area contributed by atoms with Crippen LogP contribution in [0.2, 0.25) is 0 Å². The fraction of sp³-hybridized carbons (Fsp3) is 0.478. The maximum atomic E-state index is 12.4. The Morgan fingerprint density at radius 1 is 1.17 bits per heavy atom. The molecule has 30 heavy (non-hydrogen) atoms. The molecule has 2 N–H and O–H groups in total. The molecule has 0 spiro atoms. The van der Waals surface area contributed by atoms with Crippen molar-refractivity contribution in [2.24, 2.45) is 0 Å². The second-order valence-electron chi connectivity index (χ2n) is 7.66. The Kier molecular flexibility index (Phi) is 8.28. The number of nitrogens with zero attached hydrogens (tertiary/aromatic N) is 3.